The van der Waals surface area contributed by atoms with Crippen molar-refractivity contribution < 1.29 is 5.11 Å². The first-order valence-electron chi connectivity index (χ1n) is 2.35. The fourth-order valence-electron chi connectivity index (χ4n) is 0.489. The molecule has 0 heterocycles. The second kappa shape index (κ2) is 3.05. The summed E-state index contributed by atoms with van der Waals surface area (Å²) in [5.41, 5.74) is 0. The first-order valence-corrected chi connectivity index (χ1v) is 4.50. The molecule has 1 N–H and O–H groups in total. The number of aromatic hydroxyl groups is 1. The highest BCUT2D eigenvalue weighted by molar-refractivity contribution is 14.1. The molecule has 0 atom stereocenters. The number of hydrogen-bond acceptors (Lipinski definition) is 1. The van der Waals surface area contributed by atoms with Crippen LogP contribution >= 0.6 is 45.2 Å². The molecule has 0 radical (unpaired) electrons. The van der Waals surface area contributed by atoms with Gasteiger partial charge in [-0.05, 0) is 57.3 Å². The minimum atomic E-state index is 0.388. The van der Waals surface area contributed by atoms with Crippen LogP contribution in [0.15, 0.2) is 18.2 Å². The van der Waals surface area contributed by atoms with Crippen LogP contribution in [0.25, 0.3) is 0 Å². The number of phenolic OH excluding ortho intramolecular Hbond substituents is 1. The monoisotopic (exact) mass is 354 g/mol. The van der Waals surface area contributed by atoms with E-state index in [9.17, 15) is 5.11 Å². The minimum absolute atomic E-state index is 0.388. The van der Waals surface area contributed by atoms with Crippen LogP contribution in [0, 0.1) is 7.14 Å². The highest BCUT2D eigenvalue weighted by Crippen LogP contribution is 2.24. The molecule has 0 aliphatic heterocycles. The van der Waals surface area contributed by atoms with Crippen LogP contribution in [0.5, 0.6) is 5.75 Å². The molecule has 1 aromatic rings. The van der Waals surface area contributed by atoms with E-state index in [4.69, 9.17) is 0 Å². The summed E-state index contributed by atoms with van der Waals surface area (Å²) in [5, 5.41) is 9.19. The SMILES string of the molecule is Oc1c([131I])cccc1[131I]. The van der Waals surface area contributed by atoms with Gasteiger partial charge in [0.15, 0.2) is 0 Å². The maximum absolute atomic E-state index is 9.19. The van der Waals surface area contributed by atoms with E-state index in [1.54, 1.807) is 0 Å². The molecule has 3 heteroatoms. The van der Waals surface area contributed by atoms with Crippen molar-refractivity contribution in [2.75, 3.05) is 0 Å². The first-order chi connectivity index (χ1) is 4.22. The van der Waals surface area contributed by atoms with Crippen LogP contribution in [-0.4, -0.2) is 5.11 Å². The molecule has 1 nitrogen and oxygen atoms in total. The number of benzene rings is 1. The van der Waals surface area contributed by atoms with Gasteiger partial charge in [-0.15, -0.1) is 0 Å². The third-order valence-corrected chi connectivity index (χ3v) is 2.68. The van der Waals surface area contributed by atoms with E-state index >= 15 is 0 Å². The molecule has 48 valence electrons. The molecule has 0 unspecified atom stereocenters. The van der Waals surface area contributed by atoms with Gasteiger partial charge in [-0.3, -0.25) is 0 Å². The Morgan fingerprint density at radius 1 is 1.11 bits per heavy atom. The number of rotatable bonds is 0. The molecule has 1 rings (SSSR count). The zero-order chi connectivity index (χ0) is 6.85. The fraction of sp³-hybridized carbons (Fsp3) is 0. The lowest BCUT2D eigenvalue weighted by Crippen LogP contribution is -1.75. The van der Waals surface area contributed by atoms with Crippen LogP contribution in [0.4, 0.5) is 0 Å². The molecule has 0 spiro atoms. The maximum Gasteiger partial charge on any atom is 0.142 e. The van der Waals surface area contributed by atoms with Gasteiger partial charge in [-0.25, -0.2) is 0 Å². The van der Waals surface area contributed by atoms with E-state index in [-0.39, 0.29) is 0 Å². The predicted octanol–water partition coefficient (Wildman–Crippen LogP) is 2.60. The van der Waals surface area contributed by atoms with Gasteiger partial charge in [-0.1, -0.05) is 6.07 Å². The largest absolute Gasteiger partial charge is 0.506 e. The molecule has 0 saturated carbocycles. The summed E-state index contributed by atoms with van der Waals surface area (Å²) in [4.78, 5) is 0. The van der Waals surface area contributed by atoms with Crippen molar-refractivity contribution in [2.24, 2.45) is 0 Å². The average Bonchev–Trinajstić information content (AvgIpc) is 1.83. The van der Waals surface area contributed by atoms with Gasteiger partial charge >= 0.3 is 0 Å². The van der Waals surface area contributed by atoms with Gasteiger partial charge in [0.05, 0.1) is 7.14 Å². The molecule has 0 amide bonds. The normalized spacial score (nSPS) is 9.56. The van der Waals surface area contributed by atoms with Crippen molar-refractivity contribution in [2.45, 2.75) is 0 Å². The van der Waals surface area contributed by atoms with E-state index < -0.39 is 0 Å². The topological polar surface area (TPSA) is 20.2 Å². The minimum Gasteiger partial charge on any atom is -0.506 e. The van der Waals surface area contributed by atoms with Crippen LogP contribution < -0.4 is 0 Å². The summed E-state index contributed by atoms with van der Waals surface area (Å²) in [5.74, 6) is 0.388. The Morgan fingerprint density at radius 2 is 1.56 bits per heavy atom. The van der Waals surface area contributed by atoms with Gasteiger partial charge in [-0.2, -0.15) is 0 Å². The molecule has 1 aromatic carbocycles. The zero-order valence-electron chi connectivity index (χ0n) is 4.44. The molecule has 9 heavy (non-hydrogen) atoms. The lowest BCUT2D eigenvalue weighted by Gasteiger charge is -1.96. The standard InChI is InChI=1S/C6H4I2O/c7-4-2-1-3-5(8)6(4)9/h1-3,9H/i7+4,8+4. The summed E-state index contributed by atoms with van der Waals surface area (Å²) < 4.78 is 1.80. The van der Waals surface area contributed by atoms with E-state index in [1.165, 1.54) is 0 Å². The van der Waals surface area contributed by atoms with Crippen molar-refractivity contribution in [3.05, 3.63) is 25.3 Å². The highest BCUT2D eigenvalue weighted by Gasteiger charge is 1.98. The molecule has 0 aliphatic carbocycles. The Balaban J connectivity index is 3.25. The summed E-state index contributed by atoms with van der Waals surface area (Å²) in [6.07, 6.45) is 0. The predicted molar refractivity (Wildman–Crippen MR) is 53.5 cm³/mol. The Hall–Kier alpha value is 0.480. The van der Waals surface area contributed by atoms with Crippen LogP contribution in [0.3, 0.4) is 0 Å². The molecule has 0 aromatic heterocycles. The molecule has 0 aliphatic rings. The maximum atomic E-state index is 9.19. The Kier molecular flexibility index (Phi) is 2.57. The second-order valence-corrected chi connectivity index (χ2v) is 3.89. The summed E-state index contributed by atoms with van der Waals surface area (Å²) in [7, 11) is 0. The second-order valence-electron chi connectivity index (χ2n) is 1.57. The van der Waals surface area contributed by atoms with E-state index in [0.717, 1.165) is 7.14 Å². The quantitative estimate of drug-likeness (QED) is 0.711. The van der Waals surface area contributed by atoms with Gasteiger partial charge in [0.2, 0.25) is 0 Å². The van der Waals surface area contributed by atoms with Gasteiger partial charge in [0, 0.05) is 0 Å². The summed E-state index contributed by atoms with van der Waals surface area (Å²) >= 11 is 4.19. The van der Waals surface area contributed by atoms with Crippen LogP contribution in [-0.2, 0) is 0 Å². The number of phenols is 1. The average molecular weight is 354 g/mol. The van der Waals surface area contributed by atoms with Crippen molar-refractivity contribution in [3.63, 3.8) is 0 Å². The lowest BCUT2D eigenvalue weighted by molar-refractivity contribution is 0.467. The number of hydrogen-bond donors (Lipinski definition) is 1. The Labute approximate surface area is 80.7 Å². The third kappa shape index (κ3) is 1.70. The van der Waals surface area contributed by atoms with Crippen molar-refractivity contribution >= 4 is 45.2 Å². The van der Waals surface area contributed by atoms with Crippen LogP contribution in [0.1, 0.15) is 0 Å². The smallest absolute Gasteiger partial charge is 0.142 e. The van der Waals surface area contributed by atoms with Crippen molar-refractivity contribution in [1.82, 2.24) is 0 Å². The molecule has 0 saturated heterocycles. The van der Waals surface area contributed by atoms with Gasteiger partial charge in [0.1, 0.15) is 5.75 Å². The Morgan fingerprint density at radius 3 is 1.89 bits per heavy atom. The van der Waals surface area contributed by atoms with Gasteiger partial charge in [0.25, 0.3) is 0 Å². The lowest BCUT2D eigenvalue weighted by atomic mass is 10.3. The van der Waals surface area contributed by atoms with Crippen molar-refractivity contribution in [3.8, 4) is 5.75 Å². The molecular formula is C6H4I2O. The van der Waals surface area contributed by atoms with Gasteiger partial charge < -0.3 is 5.11 Å². The highest BCUT2D eigenvalue weighted by atomic mass is 131. The zero-order valence-corrected chi connectivity index (χ0v) is 8.75. The fourth-order valence-corrected chi connectivity index (χ4v) is 2.00. The van der Waals surface area contributed by atoms with E-state index in [1.807, 2.05) is 18.2 Å². The third-order valence-electron chi connectivity index (χ3n) is 0.938. The number of para-hydroxylation sites is 1. The molecule has 0 bridgehead atoms. The first kappa shape index (κ1) is 7.59. The van der Waals surface area contributed by atoms with Crippen molar-refractivity contribution in [1.29, 1.82) is 0 Å². The van der Waals surface area contributed by atoms with Crippen LogP contribution in [0.2, 0.25) is 0 Å². The molecule has 0 fully saturated rings. The summed E-state index contributed by atoms with van der Waals surface area (Å²) in [6, 6.07) is 5.67. The molecular weight excluding hydrogens is 350 g/mol. The van der Waals surface area contributed by atoms with E-state index in [2.05, 4.69) is 45.2 Å². The summed E-state index contributed by atoms with van der Waals surface area (Å²) in [6.45, 7) is 0. The number of halogens is 2. The van der Waals surface area contributed by atoms with E-state index in [0.29, 0.717) is 5.75 Å². The Bertz CT molecular complexity index is 202.